The van der Waals surface area contributed by atoms with Crippen molar-refractivity contribution in [1.29, 1.82) is 5.26 Å². The van der Waals surface area contributed by atoms with E-state index in [9.17, 15) is 10.1 Å². The number of hydrogen-bond acceptors (Lipinski definition) is 3. The first-order valence-corrected chi connectivity index (χ1v) is 9.95. The predicted molar refractivity (Wildman–Crippen MR) is 108 cm³/mol. The monoisotopic (exact) mass is 366 g/mol. The average molecular weight is 367 g/mol. The third-order valence-corrected chi connectivity index (χ3v) is 6.77. The molecule has 0 saturated heterocycles. The number of nitrogens with one attached hydrogen (secondary N) is 1. The largest absolute Gasteiger partial charge is 0.312 e. The van der Waals surface area contributed by atoms with Gasteiger partial charge in [-0.1, -0.05) is 26.8 Å². The Balaban J connectivity index is 1.87. The van der Waals surface area contributed by atoms with Crippen molar-refractivity contribution in [3.8, 4) is 6.07 Å². The molecular formula is C22H26N2OS. The summed E-state index contributed by atoms with van der Waals surface area (Å²) < 4.78 is 0. The number of carbonyl (C=O) groups excluding carboxylic acids is 1. The number of nitriles is 1. The Kier molecular flexibility index (Phi) is 4.94. The Bertz CT molecular complexity index is 896. The van der Waals surface area contributed by atoms with Crippen LogP contribution >= 0.6 is 11.3 Å². The van der Waals surface area contributed by atoms with Crippen LogP contribution in [0.3, 0.4) is 0 Å². The lowest BCUT2D eigenvalue weighted by molar-refractivity contribution is 0.102. The van der Waals surface area contributed by atoms with Gasteiger partial charge < -0.3 is 5.32 Å². The first-order valence-electron chi connectivity index (χ1n) is 9.14. The standard InChI is InChI=1S/C22H26N2OS/c1-13-6-7-15(10-14(13)2)20(25)24-21-18(12-23)17-9-8-16(22(3,4)5)11-19(17)26-21/h6-7,10,16H,8-9,11H2,1-5H3,(H,24,25)/t16-/m1/s1. The minimum Gasteiger partial charge on any atom is -0.312 e. The average Bonchev–Trinajstić information content (AvgIpc) is 2.92. The summed E-state index contributed by atoms with van der Waals surface area (Å²) in [6.45, 7) is 10.9. The molecule has 0 bridgehead atoms. The lowest BCUT2D eigenvalue weighted by Crippen LogP contribution is -2.26. The molecule has 1 amide bonds. The second-order valence-corrected chi connectivity index (χ2v) is 9.48. The fourth-order valence-electron chi connectivity index (χ4n) is 3.59. The van der Waals surface area contributed by atoms with Crippen LogP contribution in [0.4, 0.5) is 5.00 Å². The van der Waals surface area contributed by atoms with E-state index < -0.39 is 0 Å². The highest BCUT2D eigenvalue weighted by molar-refractivity contribution is 7.16. The van der Waals surface area contributed by atoms with Gasteiger partial charge in [0.2, 0.25) is 0 Å². The minimum atomic E-state index is -0.143. The van der Waals surface area contributed by atoms with Crippen molar-refractivity contribution in [3.05, 3.63) is 50.9 Å². The van der Waals surface area contributed by atoms with Gasteiger partial charge in [0.25, 0.3) is 5.91 Å². The van der Waals surface area contributed by atoms with Crippen molar-refractivity contribution >= 4 is 22.2 Å². The fourth-order valence-corrected chi connectivity index (χ4v) is 4.86. The number of nitrogens with zero attached hydrogens (tertiary/aromatic N) is 1. The van der Waals surface area contributed by atoms with Crippen LogP contribution in [0.25, 0.3) is 0 Å². The number of anilines is 1. The molecule has 1 aromatic heterocycles. The zero-order valence-electron chi connectivity index (χ0n) is 16.2. The van der Waals surface area contributed by atoms with Crippen LogP contribution in [-0.4, -0.2) is 5.91 Å². The Labute approximate surface area is 160 Å². The molecule has 4 heteroatoms. The minimum absolute atomic E-state index is 0.143. The first kappa shape index (κ1) is 18.7. The summed E-state index contributed by atoms with van der Waals surface area (Å²) >= 11 is 1.58. The molecule has 1 heterocycles. The highest BCUT2D eigenvalue weighted by atomic mass is 32.1. The van der Waals surface area contributed by atoms with Gasteiger partial charge in [-0.25, -0.2) is 0 Å². The summed E-state index contributed by atoms with van der Waals surface area (Å²) in [6.07, 6.45) is 3.03. The predicted octanol–water partition coefficient (Wildman–Crippen LogP) is 5.64. The van der Waals surface area contributed by atoms with Gasteiger partial charge in [0, 0.05) is 10.4 Å². The van der Waals surface area contributed by atoms with E-state index in [1.54, 1.807) is 11.3 Å². The summed E-state index contributed by atoms with van der Waals surface area (Å²) in [7, 11) is 0. The van der Waals surface area contributed by atoms with E-state index in [2.05, 4.69) is 32.2 Å². The zero-order valence-corrected chi connectivity index (χ0v) is 17.0. The first-order chi connectivity index (χ1) is 12.2. The van der Waals surface area contributed by atoms with Crippen LogP contribution in [0.2, 0.25) is 0 Å². The second kappa shape index (κ2) is 6.89. The van der Waals surface area contributed by atoms with Gasteiger partial charge in [0.15, 0.2) is 0 Å². The van der Waals surface area contributed by atoms with E-state index in [1.165, 1.54) is 10.4 Å². The Morgan fingerprint density at radius 1 is 1.27 bits per heavy atom. The van der Waals surface area contributed by atoms with Gasteiger partial charge in [-0.05, 0) is 73.3 Å². The number of hydrogen-bond donors (Lipinski definition) is 1. The highest BCUT2D eigenvalue weighted by Gasteiger charge is 2.32. The molecule has 1 aliphatic rings. The van der Waals surface area contributed by atoms with Gasteiger partial charge in [0.1, 0.15) is 11.1 Å². The molecule has 0 radical (unpaired) electrons. The maximum atomic E-state index is 12.7. The Hall–Kier alpha value is -2.12. The van der Waals surface area contributed by atoms with E-state index in [1.807, 2.05) is 32.0 Å². The van der Waals surface area contributed by atoms with Crippen molar-refractivity contribution in [2.24, 2.45) is 11.3 Å². The molecule has 0 aliphatic heterocycles. The van der Waals surface area contributed by atoms with Crippen molar-refractivity contribution in [2.45, 2.75) is 53.9 Å². The molecule has 1 aromatic carbocycles. The van der Waals surface area contributed by atoms with Crippen LogP contribution in [0.5, 0.6) is 0 Å². The van der Waals surface area contributed by atoms with Crippen molar-refractivity contribution in [2.75, 3.05) is 5.32 Å². The lowest BCUT2D eigenvalue weighted by Gasteiger charge is -2.33. The summed E-state index contributed by atoms with van der Waals surface area (Å²) in [5.74, 6) is 0.471. The Morgan fingerprint density at radius 3 is 2.62 bits per heavy atom. The molecule has 0 fully saturated rings. The van der Waals surface area contributed by atoms with Gasteiger partial charge in [0.05, 0.1) is 5.56 Å². The van der Waals surface area contributed by atoms with Crippen LogP contribution in [0.1, 0.15) is 64.7 Å². The van der Waals surface area contributed by atoms with Gasteiger partial charge in [-0.2, -0.15) is 5.26 Å². The third kappa shape index (κ3) is 3.54. The molecule has 3 nitrogen and oxygen atoms in total. The molecular weight excluding hydrogens is 340 g/mol. The van der Waals surface area contributed by atoms with E-state index in [4.69, 9.17) is 0 Å². The van der Waals surface area contributed by atoms with Crippen LogP contribution in [0, 0.1) is 36.5 Å². The summed E-state index contributed by atoms with van der Waals surface area (Å²) in [4.78, 5) is 13.9. The molecule has 3 rings (SSSR count). The van der Waals surface area contributed by atoms with E-state index in [-0.39, 0.29) is 11.3 Å². The number of fused-ring (bicyclic) bond motifs is 1. The van der Waals surface area contributed by atoms with Crippen molar-refractivity contribution in [3.63, 3.8) is 0 Å². The molecule has 0 saturated carbocycles. The topological polar surface area (TPSA) is 52.9 Å². The molecule has 1 atom stereocenters. The third-order valence-electron chi connectivity index (χ3n) is 5.60. The molecule has 1 N–H and O–H groups in total. The highest BCUT2D eigenvalue weighted by Crippen LogP contribution is 2.44. The smallest absolute Gasteiger partial charge is 0.256 e. The van der Waals surface area contributed by atoms with Gasteiger partial charge >= 0.3 is 0 Å². The van der Waals surface area contributed by atoms with Crippen LogP contribution < -0.4 is 5.32 Å². The van der Waals surface area contributed by atoms with Crippen molar-refractivity contribution < 1.29 is 4.79 Å². The summed E-state index contributed by atoms with van der Waals surface area (Å²) in [6, 6.07) is 8.03. The second-order valence-electron chi connectivity index (χ2n) is 8.38. The number of amides is 1. The zero-order chi connectivity index (χ0) is 19.1. The van der Waals surface area contributed by atoms with Gasteiger partial charge in [-0.15, -0.1) is 11.3 Å². The van der Waals surface area contributed by atoms with E-state index in [0.717, 1.165) is 30.4 Å². The van der Waals surface area contributed by atoms with Gasteiger partial charge in [-0.3, -0.25) is 4.79 Å². The quantitative estimate of drug-likeness (QED) is 0.748. The fraction of sp³-hybridized carbons (Fsp3) is 0.455. The van der Waals surface area contributed by atoms with Crippen LogP contribution in [-0.2, 0) is 12.8 Å². The van der Waals surface area contributed by atoms with Crippen LogP contribution in [0.15, 0.2) is 18.2 Å². The molecule has 0 unspecified atom stereocenters. The Morgan fingerprint density at radius 2 is 2.00 bits per heavy atom. The van der Waals surface area contributed by atoms with E-state index in [0.29, 0.717) is 22.0 Å². The number of thiophene rings is 1. The summed E-state index contributed by atoms with van der Waals surface area (Å²) in [5, 5.41) is 13.4. The number of rotatable bonds is 2. The number of aryl methyl sites for hydroxylation is 2. The lowest BCUT2D eigenvalue weighted by atomic mass is 9.72. The maximum Gasteiger partial charge on any atom is 0.256 e. The molecule has 136 valence electrons. The molecule has 1 aliphatic carbocycles. The molecule has 0 spiro atoms. The van der Waals surface area contributed by atoms with E-state index >= 15 is 0 Å². The maximum absolute atomic E-state index is 12.7. The molecule has 26 heavy (non-hydrogen) atoms. The number of benzene rings is 1. The molecule has 2 aromatic rings. The number of carbonyl (C=O) groups is 1. The summed E-state index contributed by atoms with van der Waals surface area (Å²) in [5.41, 5.74) is 4.96. The SMILES string of the molecule is Cc1ccc(C(=O)Nc2sc3c(c2C#N)CC[C@@H](C(C)(C)C)C3)cc1C. The normalized spacial score (nSPS) is 16.7. The van der Waals surface area contributed by atoms with Crippen molar-refractivity contribution in [1.82, 2.24) is 0 Å².